The maximum atomic E-state index is 12.4. The number of ether oxygens (including phenoxy) is 1. The zero-order valence-corrected chi connectivity index (χ0v) is 16.4. The lowest BCUT2D eigenvalue weighted by molar-refractivity contribution is 0.102. The van der Waals surface area contributed by atoms with E-state index in [0.717, 1.165) is 24.3 Å². The van der Waals surface area contributed by atoms with Gasteiger partial charge in [-0.1, -0.05) is 31.5 Å². The van der Waals surface area contributed by atoms with Crippen LogP contribution >= 0.6 is 0 Å². The molecule has 5 heteroatoms. The average molecular weight is 388 g/mol. The van der Waals surface area contributed by atoms with Crippen molar-refractivity contribution in [3.8, 4) is 5.75 Å². The van der Waals surface area contributed by atoms with Crippen molar-refractivity contribution in [3.05, 3.63) is 90.0 Å². The second kappa shape index (κ2) is 10.1. The molecule has 0 radical (unpaired) electrons. The SMILES string of the molecule is CCCCOc1ccc(C(=O)Nc2ccc(C(=O)Nc3ccccc3)cc2)cc1. The Hall–Kier alpha value is -3.60. The molecule has 3 aromatic rings. The van der Waals surface area contributed by atoms with E-state index in [9.17, 15) is 9.59 Å². The molecule has 2 amide bonds. The first-order valence-electron chi connectivity index (χ1n) is 9.66. The molecule has 0 atom stereocenters. The summed E-state index contributed by atoms with van der Waals surface area (Å²) in [6, 6.07) is 23.1. The molecule has 0 heterocycles. The molecule has 0 aromatic heterocycles. The van der Waals surface area contributed by atoms with Crippen molar-refractivity contribution < 1.29 is 14.3 Å². The number of carbonyl (C=O) groups is 2. The van der Waals surface area contributed by atoms with Crippen LogP contribution in [0, 0.1) is 0 Å². The van der Waals surface area contributed by atoms with Gasteiger partial charge in [0, 0.05) is 22.5 Å². The van der Waals surface area contributed by atoms with Crippen LogP contribution in [0.4, 0.5) is 11.4 Å². The number of para-hydroxylation sites is 1. The highest BCUT2D eigenvalue weighted by Gasteiger charge is 2.09. The monoisotopic (exact) mass is 388 g/mol. The van der Waals surface area contributed by atoms with Crippen LogP contribution in [0.2, 0.25) is 0 Å². The van der Waals surface area contributed by atoms with Gasteiger partial charge in [-0.15, -0.1) is 0 Å². The fraction of sp³-hybridized carbons (Fsp3) is 0.167. The van der Waals surface area contributed by atoms with E-state index in [1.165, 1.54) is 0 Å². The van der Waals surface area contributed by atoms with Crippen LogP contribution < -0.4 is 15.4 Å². The predicted molar refractivity (Wildman–Crippen MR) is 116 cm³/mol. The number of carbonyl (C=O) groups excluding carboxylic acids is 2. The van der Waals surface area contributed by atoms with Crippen LogP contribution in [0.25, 0.3) is 0 Å². The highest BCUT2D eigenvalue weighted by Crippen LogP contribution is 2.16. The number of amides is 2. The van der Waals surface area contributed by atoms with Crippen molar-refractivity contribution in [1.82, 2.24) is 0 Å². The maximum Gasteiger partial charge on any atom is 0.255 e. The molecule has 0 aliphatic rings. The summed E-state index contributed by atoms with van der Waals surface area (Å²) in [5, 5.41) is 5.66. The van der Waals surface area contributed by atoms with E-state index < -0.39 is 0 Å². The molecule has 0 unspecified atom stereocenters. The zero-order valence-electron chi connectivity index (χ0n) is 16.4. The van der Waals surface area contributed by atoms with Crippen molar-refractivity contribution in [2.45, 2.75) is 19.8 Å². The van der Waals surface area contributed by atoms with Gasteiger partial charge in [0.05, 0.1) is 6.61 Å². The topological polar surface area (TPSA) is 67.4 Å². The van der Waals surface area contributed by atoms with Gasteiger partial charge in [0.2, 0.25) is 0 Å². The first-order valence-corrected chi connectivity index (χ1v) is 9.66. The van der Waals surface area contributed by atoms with Gasteiger partial charge in [-0.2, -0.15) is 0 Å². The lowest BCUT2D eigenvalue weighted by atomic mass is 10.1. The minimum absolute atomic E-state index is 0.201. The Morgan fingerprint density at radius 2 is 1.24 bits per heavy atom. The highest BCUT2D eigenvalue weighted by atomic mass is 16.5. The fourth-order valence-electron chi connectivity index (χ4n) is 2.67. The number of unbranched alkanes of at least 4 members (excludes halogenated alkanes) is 1. The molecule has 0 fully saturated rings. The molecule has 5 nitrogen and oxygen atoms in total. The number of benzene rings is 3. The lowest BCUT2D eigenvalue weighted by Gasteiger charge is -2.09. The standard InChI is InChI=1S/C24H24N2O3/c1-2-3-17-29-22-15-11-19(12-16-22)24(28)26-21-13-9-18(10-14-21)23(27)25-20-7-5-4-6-8-20/h4-16H,2-3,17H2,1H3,(H,25,27)(H,26,28). The number of hydrogen-bond acceptors (Lipinski definition) is 3. The molecule has 0 aliphatic carbocycles. The molecule has 0 saturated carbocycles. The molecule has 3 rings (SSSR count). The highest BCUT2D eigenvalue weighted by molar-refractivity contribution is 6.06. The van der Waals surface area contributed by atoms with Crippen molar-refractivity contribution in [2.75, 3.05) is 17.2 Å². The zero-order chi connectivity index (χ0) is 20.5. The van der Waals surface area contributed by atoms with E-state index in [1.807, 2.05) is 30.3 Å². The second-order valence-electron chi connectivity index (χ2n) is 6.58. The summed E-state index contributed by atoms with van der Waals surface area (Å²) in [4.78, 5) is 24.7. The van der Waals surface area contributed by atoms with Gasteiger partial charge in [0.25, 0.3) is 11.8 Å². The summed E-state index contributed by atoms with van der Waals surface area (Å²) in [6.45, 7) is 2.78. The van der Waals surface area contributed by atoms with Gasteiger partial charge in [-0.05, 0) is 67.1 Å². The summed E-state index contributed by atoms with van der Waals surface area (Å²) < 4.78 is 5.61. The summed E-state index contributed by atoms with van der Waals surface area (Å²) >= 11 is 0. The Morgan fingerprint density at radius 3 is 1.79 bits per heavy atom. The van der Waals surface area contributed by atoms with E-state index in [0.29, 0.717) is 23.4 Å². The molecule has 0 bridgehead atoms. The van der Waals surface area contributed by atoms with Crippen LogP contribution in [0.1, 0.15) is 40.5 Å². The molecule has 29 heavy (non-hydrogen) atoms. The van der Waals surface area contributed by atoms with Crippen LogP contribution in [-0.4, -0.2) is 18.4 Å². The van der Waals surface area contributed by atoms with E-state index in [1.54, 1.807) is 48.5 Å². The van der Waals surface area contributed by atoms with Crippen molar-refractivity contribution in [2.24, 2.45) is 0 Å². The minimum Gasteiger partial charge on any atom is -0.494 e. The Labute approximate surface area is 170 Å². The van der Waals surface area contributed by atoms with Crippen LogP contribution in [0.3, 0.4) is 0 Å². The van der Waals surface area contributed by atoms with Crippen molar-refractivity contribution >= 4 is 23.2 Å². The normalized spacial score (nSPS) is 10.2. The van der Waals surface area contributed by atoms with Gasteiger partial charge in [-0.25, -0.2) is 0 Å². The molecule has 0 aliphatic heterocycles. The third kappa shape index (κ3) is 5.94. The Morgan fingerprint density at radius 1 is 0.724 bits per heavy atom. The van der Waals surface area contributed by atoms with E-state index in [2.05, 4.69) is 17.6 Å². The molecule has 3 aromatic carbocycles. The Bertz CT molecular complexity index is 936. The first-order chi connectivity index (χ1) is 14.2. The van der Waals surface area contributed by atoms with Crippen molar-refractivity contribution in [3.63, 3.8) is 0 Å². The molecule has 2 N–H and O–H groups in total. The summed E-state index contributed by atoms with van der Waals surface area (Å²) in [7, 11) is 0. The third-order valence-corrected chi connectivity index (χ3v) is 4.32. The number of nitrogens with one attached hydrogen (secondary N) is 2. The van der Waals surface area contributed by atoms with Crippen LogP contribution in [-0.2, 0) is 0 Å². The van der Waals surface area contributed by atoms with Gasteiger partial charge in [-0.3, -0.25) is 9.59 Å². The molecule has 148 valence electrons. The lowest BCUT2D eigenvalue weighted by Crippen LogP contribution is -2.13. The Balaban J connectivity index is 1.56. The predicted octanol–water partition coefficient (Wildman–Crippen LogP) is 5.37. The minimum atomic E-state index is -0.216. The van der Waals surface area contributed by atoms with E-state index in [4.69, 9.17) is 4.74 Å². The third-order valence-electron chi connectivity index (χ3n) is 4.32. The molecular weight excluding hydrogens is 364 g/mol. The summed E-state index contributed by atoms with van der Waals surface area (Å²) in [5.74, 6) is 0.336. The van der Waals surface area contributed by atoms with Crippen molar-refractivity contribution in [1.29, 1.82) is 0 Å². The maximum absolute atomic E-state index is 12.4. The quantitative estimate of drug-likeness (QED) is 0.510. The van der Waals surface area contributed by atoms with Gasteiger partial charge in [0.1, 0.15) is 5.75 Å². The summed E-state index contributed by atoms with van der Waals surface area (Å²) in [6.07, 6.45) is 2.08. The van der Waals surface area contributed by atoms with Crippen LogP contribution in [0.5, 0.6) is 5.75 Å². The molecule has 0 spiro atoms. The largest absolute Gasteiger partial charge is 0.494 e. The Kier molecular flexibility index (Phi) is 7.00. The van der Waals surface area contributed by atoms with Gasteiger partial charge >= 0.3 is 0 Å². The van der Waals surface area contributed by atoms with Crippen LogP contribution in [0.15, 0.2) is 78.9 Å². The van der Waals surface area contributed by atoms with E-state index >= 15 is 0 Å². The number of anilines is 2. The first kappa shape index (κ1) is 20.1. The fourth-order valence-corrected chi connectivity index (χ4v) is 2.67. The van der Waals surface area contributed by atoms with E-state index in [-0.39, 0.29) is 11.8 Å². The molecule has 0 saturated heterocycles. The smallest absolute Gasteiger partial charge is 0.255 e. The average Bonchev–Trinajstić information content (AvgIpc) is 2.75. The number of hydrogen-bond donors (Lipinski definition) is 2. The van der Waals surface area contributed by atoms with Gasteiger partial charge < -0.3 is 15.4 Å². The van der Waals surface area contributed by atoms with Gasteiger partial charge in [0.15, 0.2) is 0 Å². The molecular formula is C24H24N2O3. The summed E-state index contributed by atoms with van der Waals surface area (Å²) in [5.41, 5.74) is 2.41. The second-order valence-corrected chi connectivity index (χ2v) is 6.58. The number of rotatable bonds is 8.